The zero-order chi connectivity index (χ0) is 20.9. The van der Waals surface area contributed by atoms with Gasteiger partial charge in [0.05, 0.1) is 18.0 Å². The molecule has 1 atom stereocenters. The van der Waals surface area contributed by atoms with E-state index < -0.39 is 0 Å². The number of halogens is 1. The van der Waals surface area contributed by atoms with Gasteiger partial charge in [0.15, 0.2) is 5.17 Å². The highest BCUT2D eigenvalue weighted by molar-refractivity contribution is 8.15. The van der Waals surface area contributed by atoms with Crippen LogP contribution in [-0.4, -0.2) is 27.4 Å². The summed E-state index contributed by atoms with van der Waals surface area (Å²) in [6, 6.07) is 20.3. The van der Waals surface area contributed by atoms with Crippen molar-refractivity contribution in [2.45, 2.75) is 31.6 Å². The second kappa shape index (κ2) is 9.22. The molecule has 0 aliphatic carbocycles. The van der Waals surface area contributed by atoms with Gasteiger partial charge in [-0.1, -0.05) is 79.7 Å². The van der Waals surface area contributed by atoms with Gasteiger partial charge in [0.25, 0.3) is 0 Å². The zero-order valence-corrected chi connectivity index (χ0v) is 17.5. The average molecular weight is 420 g/mol. The van der Waals surface area contributed by atoms with Crippen LogP contribution in [0, 0.1) is 5.82 Å². The first-order valence-corrected chi connectivity index (χ1v) is 10.8. The number of thioether (sulfide) groups is 1. The molecule has 6 heteroatoms. The van der Waals surface area contributed by atoms with Crippen molar-refractivity contribution < 1.29 is 9.18 Å². The third-order valence-electron chi connectivity index (χ3n) is 4.99. The van der Waals surface area contributed by atoms with Crippen LogP contribution in [0.15, 0.2) is 76.9 Å². The molecule has 152 valence electrons. The standard InChI is InChI=1S/C24H22FN3OS/c1-2-6-22-23(29)28(16-17-11-13-20(25)14-12-17)24(30-22)27-26-15-19-9-5-8-18-7-3-4-10-21(18)19/h3-5,7-15,22H,2,6,16H2,1H3. The quantitative estimate of drug-likeness (QED) is 0.385. The maximum absolute atomic E-state index is 13.2. The maximum atomic E-state index is 13.2. The van der Waals surface area contributed by atoms with E-state index in [0.717, 1.165) is 34.7 Å². The van der Waals surface area contributed by atoms with E-state index in [1.165, 1.54) is 23.9 Å². The van der Waals surface area contributed by atoms with Gasteiger partial charge in [0.2, 0.25) is 5.91 Å². The van der Waals surface area contributed by atoms with Crippen molar-refractivity contribution in [1.29, 1.82) is 0 Å². The minimum Gasteiger partial charge on any atom is -0.284 e. The molecule has 0 saturated carbocycles. The van der Waals surface area contributed by atoms with E-state index in [2.05, 4.69) is 35.3 Å². The highest BCUT2D eigenvalue weighted by Crippen LogP contribution is 2.31. The molecule has 1 unspecified atom stereocenters. The number of nitrogens with zero attached hydrogens (tertiary/aromatic N) is 3. The SMILES string of the molecule is CCCC1SC(=NN=Cc2cccc3ccccc23)N(Cc2ccc(F)cc2)C1=O. The predicted octanol–water partition coefficient (Wildman–Crippen LogP) is 5.61. The summed E-state index contributed by atoms with van der Waals surface area (Å²) in [6.45, 7) is 2.42. The van der Waals surface area contributed by atoms with Gasteiger partial charge < -0.3 is 0 Å². The molecule has 3 aromatic rings. The molecule has 0 N–H and O–H groups in total. The van der Waals surface area contributed by atoms with Crippen molar-refractivity contribution in [3.63, 3.8) is 0 Å². The van der Waals surface area contributed by atoms with Crippen molar-refractivity contribution >= 4 is 39.8 Å². The van der Waals surface area contributed by atoms with Gasteiger partial charge in [0, 0.05) is 5.56 Å². The summed E-state index contributed by atoms with van der Waals surface area (Å²) in [5.41, 5.74) is 1.83. The predicted molar refractivity (Wildman–Crippen MR) is 122 cm³/mol. The Kier molecular flexibility index (Phi) is 6.23. The monoisotopic (exact) mass is 419 g/mol. The second-order valence-electron chi connectivity index (χ2n) is 7.14. The molecule has 4 nitrogen and oxygen atoms in total. The lowest BCUT2D eigenvalue weighted by atomic mass is 10.1. The van der Waals surface area contributed by atoms with Crippen molar-refractivity contribution in [3.05, 3.63) is 83.7 Å². The Hall–Kier alpha value is -2.99. The van der Waals surface area contributed by atoms with Crippen molar-refractivity contribution in [2.24, 2.45) is 10.2 Å². The Bertz CT molecular complexity index is 1110. The van der Waals surface area contributed by atoms with Gasteiger partial charge in [-0.15, -0.1) is 5.10 Å². The number of hydrogen-bond donors (Lipinski definition) is 0. The molecule has 0 radical (unpaired) electrons. The van der Waals surface area contributed by atoms with Gasteiger partial charge in [0.1, 0.15) is 5.82 Å². The molecule has 1 aliphatic heterocycles. The lowest BCUT2D eigenvalue weighted by molar-refractivity contribution is -0.126. The van der Waals surface area contributed by atoms with Gasteiger partial charge in [-0.25, -0.2) is 4.39 Å². The van der Waals surface area contributed by atoms with E-state index in [1.807, 2.05) is 24.3 Å². The number of benzene rings is 3. The van der Waals surface area contributed by atoms with E-state index in [4.69, 9.17) is 0 Å². The molecule has 1 heterocycles. The molecule has 30 heavy (non-hydrogen) atoms. The minimum absolute atomic E-state index is 0.0327. The molecule has 0 aromatic heterocycles. The van der Waals surface area contributed by atoms with E-state index in [-0.39, 0.29) is 17.0 Å². The van der Waals surface area contributed by atoms with Crippen LogP contribution in [-0.2, 0) is 11.3 Å². The van der Waals surface area contributed by atoms with E-state index in [9.17, 15) is 9.18 Å². The van der Waals surface area contributed by atoms with Crippen LogP contribution < -0.4 is 0 Å². The Balaban J connectivity index is 1.60. The van der Waals surface area contributed by atoms with E-state index in [1.54, 1.807) is 23.2 Å². The highest BCUT2D eigenvalue weighted by atomic mass is 32.2. The first-order chi connectivity index (χ1) is 14.7. The number of amides is 1. The largest absolute Gasteiger partial charge is 0.284 e. The van der Waals surface area contributed by atoms with E-state index in [0.29, 0.717) is 11.7 Å². The van der Waals surface area contributed by atoms with Gasteiger partial charge in [-0.3, -0.25) is 9.69 Å². The molecule has 1 aliphatic rings. The fraction of sp³-hybridized carbons (Fsp3) is 0.208. The lowest BCUT2D eigenvalue weighted by Crippen LogP contribution is -2.31. The first kappa shape index (κ1) is 20.3. The number of carbonyl (C=O) groups is 1. The van der Waals surface area contributed by atoms with Gasteiger partial charge in [-0.05, 0) is 34.9 Å². The Morgan fingerprint density at radius 2 is 1.83 bits per heavy atom. The molecule has 4 rings (SSSR count). The van der Waals surface area contributed by atoms with Gasteiger partial charge >= 0.3 is 0 Å². The van der Waals surface area contributed by atoms with Crippen LogP contribution in [0.2, 0.25) is 0 Å². The lowest BCUT2D eigenvalue weighted by Gasteiger charge is -2.15. The normalized spacial score (nSPS) is 18.2. The smallest absolute Gasteiger partial charge is 0.242 e. The fourth-order valence-corrected chi connectivity index (χ4v) is 4.67. The van der Waals surface area contributed by atoms with Crippen LogP contribution in [0.1, 0.15) is 30.9 Å². The van der Waals surface area contributed by atoms with Crippen LogP contribution in [0.3, 0.4) is 0 Å². The average Bonchev–Trinajstić information content (AvgIpc) is 3.05. The van der Waals surface area contributed by atoms with Crippen LogP contribution >= 0.6 is 11.8 Å². The molecule has 1 saturated heterocycles. The third kappa shape index (κ3) is 4.44. The fourth-order valence-electron chi connectivity index (χ4n) is 3.45. The number of carbonyl (C=O) groups excluding carboxylic acids is 1. The molecule has 1 amide bonds. The minimum atomic E-state index is -0.293. The van der Waals surface area contributed by atoms with Crippen molar-refractivity contribution in [2.75, 3.05) is 0 Å². The highest BCUT2D eigenvalue weighted by Gasteiger charge is 2.37. The zero-order valence-electron chi connectivity index (χ0n) is 16.7. The van der Waals surface area contributed by atoms with Crippen molar-refractivity contribution in [3.8, 4) is 0 Å². The Labute approximate surface area is 179 Å². The molecular weight excluding hydrogens is 397 g/mol. The molecule has 0 bridgehead atoms. The molecule has 3 aromatic carbocycles. The summed E-state index contributed by atoms with van der Waals surface area (Å²) in [5.74, 6) is -0.261. The Morgan fingerprint density at radius 1 is 1.07 bits per heavy atom. The molecular formula is C24H22FN3OS. The summed E-state index contributed by atoms with van der Waals surface area (Å²) >= 11 is 1.45. The molecule has 0 spiro atoms. The van der Waals surface area contributed by atoms with Crippen molar-refractivity contribution in [1.82, 2.24) is 4.90 Å². The summed E-state index contributed by atoms with van der Waals surface area (Å²) in [6.07, 6.45) is 3.43. The maximum Gasteiger partial charge on any atom is 0.242 e. The van der Waals surface area contributed by atoms with E-state index >= 15 is 0 Å². The van der Waals surface area contributed by atoms with Crippen LogP contribution in [0.4, 0.5) is 4.39 Å². The molecule has 1 fully saturated rings. The number of amidine groups is 1. The van der Waals surface area contributed by atoms with Crippen LogP contribution in [0.25, 0.3) is 10.8 Å². The summed E-state index contributed by atoms with van der Waals surface area (Å²) in [7, 11) is 0. The van der Waals surface area contributed by atoms with Gasteiger partial charge in [-0.2, -0.15) is 5.10 Å². The summed E-state index contributed by atoms with van der Waals surface area (Å²) in [4.78, 5) is 14.5. The number of hydrogen-bond acceptors (Lipinski definition) is 4. The summed E-state index contributed by atoms with van der Waals surface area (Å²) < 4.78 is 13.2. The Morgan fingerprint density at radius 3 is 2.63 bits per heavy atom. The number of fused-ring (bicyclic) bond motifs is 1. The topological polar surface area (TPSA) is 45.0 Å². The first-order valence-electron chi connectivity index (χ1n) is 9.97. The second-order valence-corrected chi connectivity index (χ2v) is 8.31. The summed E-state index contributed by atoms with van der Waals surface area (Å²) in [5, 5.41) is 11.4. The van der Waals surface area contributed by atoms with Crippen LogP contribution in [0.5, 0.6) is 0 Å². The third-order valence-corrected chi connectivity index (χ3v) is 6.22. The number of rotatable bonds is 6.